The van der Waals surface area contributed by atoms with Crippen LogP contribution in [-0.2, 0) is 9.47 Å². The average molecular weight is 406 g/mol. The van der Waals surface area contributed by atoms with Crippen molar-refractivity contribution in [1.82, 2.24) is 14.8 Å². The van der Waals surface area contributed by atoms with Crippen molar-refractivity contribution in [3.8, 4) is 0 Å². The molecule has 7 nitrogen and oxygen atoms in total. The number of carbonyl (C=O) groups excluding carboxylic acids is 1. The lowest BCUT2D eigenvalue weighted by molar-refractivity contribution is -0.0372. The number of rotatable bonds is 6. The molecule has 1 N–H and O–H groups in total. The van der Waals surface area contributed by atoms with E-state index in [-0.39, 0.29) is 18.2 Å². The number of pyridine rings is 1. The van der Waals surface area contributed by atoms with Crippen LogP contribution in [0.2, 0.25) is 0 Å². The molecule has 0 spiro atoms. The molecule has 2 aliphatic rings. The maximum absolute atomic E-state index is 12.6. The third-order valence-electron chi connectivity index (χ3n) is 5.55. The maximum atomic E-state index is 12.6. The average Bonchev–Trinajstić information content (AvgIpc) is 3.47. The molecule has 0 aromatic carbocycles. The molecule has 3 atom stereocenters. The molecule has 0 bridgehead atoms. The Morgan fingerprint density at radius 2 is 2.03 bits per heavy atom. The summed E-state index contributed by atoms with van der Waals surface area (Å²) in [5.41, 5.74) is 1.42. The predicted molar refractivity (Wildman–Crippen MR) is 111 cm³/mol. The van der Waals surface area contributed by atoms with Gasteiger partial charge in [-0.25, -0.2) is 4.79 Å². The van der Waals surface area contributed by atoms with Crippen molar-refractivity contribution in [2.45, 2.75) is 70.2 Å². The van der Waals surface area contributed by atoms with E-state index in [0.717, 1.165) is 0 Å². The Labute approximate surface area is 174 Å². The molecule has 2 heterocycles. The molecule has 1 amide bonds. The molecule has 7 heteroatoms. The van der Waals surface area contributed by atoms with E-state index in [1.807, 2.05) is 40.0 Å². The zero-order chi connectivity index (χ0) is 21.2. The molecule has 1 unspecified atom stereocenters. The number of piperazine rings is 1. The number of hydrogen-bond acceptors (Lipinski definition) is 6. The molecule has 1 aromatic heterocycles. The van der Waals surface area contributed by atoms with Gasteiger partial charge in [0.25, 0.3) is 0 Å². The van der Waals surface area contributed by atoms with Gasteiger partial charge in [0.15, 0.2) is 0 Å². The van der Waals surface area contributed by atoms with Crippen LogP contribution in [0.25, 0.3) is 0 Å². The summed E-state index contributed by atoms with van der Waals surface area (Å²) in [5.74, 6) is 0.654. The lowest BCUT2D eigenvalue weighted by Crippen LogP contribution is -2.61. The molecular formula is C22H35N3O4. The summed E-state index contributed by atoms with van der Waals surface area (Å²) in [7, 11) is 1.66. The largest absolute Gasteiger partial charge is 0.444 e. The highest BCUT2D eigenvalue weighted by Crippen LogP contribution is 2.39. The van der Waals surface area contributed by atoms with E-state index in [1.165, 1.54) is 18.4 Å². The van der Waals surface area contributed by atoms with Crippen molar-refractivity contribution in [2.24, 2.45) is 0 Å². The molecular weight excluding hydrogens is 370 g/mol. The zero-order valence-corrected chi connectivity index (χ0v) is 18.3. The van der Waals surface area contributed by atoms with E-state index in [2.05, 4.69) is 16.0 Å². The summed E-state index contributed by atoms with van der Waals surface area (Å²) < 4.78 is 11.0. The first-order valence-electron chi connectivity index (χ1n) is 10.5. The van der Waals surface area contributed by atoms with Gasteiger partial charge >= 0.3 is 6.09 Å². The normalized spacial score (nSPS) is 24.4. The summed E-state index contributed by atoms with van der Waals surface area (Å²) in [6.45, 7) is 9.70. The van der Waals surface area contributed by atoms with Gasteiger partial charge in [0, 0.05) is 39.0 Å². The highest BCUT2D eigenvalue weighted by Gasteiger charge is 2.37. The van der Waals surface area contributed by atoms with Gasteiger partial charge in [-0.05, 0) is 58.1 Å². The minimum absolute atomic E-state index is 0.0101. The second-order valence-electron chi connectivity index (χ2n) is 9.35. The third kappa shape index (κ3) is 5.90. The Morgan fingerprint density at radius 1 is 1.31 bits per heavy atom. The van der Waals surface area contributed by atoms with Gasteiger partial charge < -0.3 is 19.5 Å². The number of β-amino-alcohol motifs (C(OH)–C–C–N with tert-alkyl or cyclic N) is 1. The molecule has 1 saturated carbocycles. The quantitative estimate of drug-likeness (QED) is 0.784. The van der Waals surface area contributed by atoms with E-state index < -0.39 is 11.7 Å². The van der Waals surface area contributed by atoms with Gasteiger partial charge in [-0.2, -0.15) is 0 Å². The van der Waals surface area contributed by atoms with Gasteiger partial charge in [-0.1, -0.05) is 6.07 Å². The van der Waals surface area contributed by atoms with Gasteiger partial charge in [-0.3, -0.25) is 9.88 Å². The molecule has 29 heavy (non-hydrogen) atoms. The fraction of sp³-hybridized carbons (Fsp3) is 0.727. The molecule has 1 aliphatic carbocycles. The van der Waals surface area contributed by atoms with Crippen molar-refractivity contribution in [1.29, 1.82) is 0 Å². The van der Waals surface area contributed by atoms with Gasteiger partial charge in [-0.15, -0.1) is 0 Å². The lowest BCUT2D eigenvalue weighted by Gasteiger charge is -2.45. The number of amides is 1. The highest BCUT2D eigenvalue weighted by molar-refractivity contribution is 5.68. The monoisotopic (exact) mass is 405 g/mol. The Bertz CT molecular complexity index is 684. The summed E-state index contributed by atoms with van der Waals surface area (Å²) in [6.07, 6.45) is 3.39. The minimum atomic E-state index is -0.678. The molecule has 3 rings (SSSR count). The maximum Gasteiger partial charge on any atom is 0.410 e. The predicted octanol–water partition coefficient (Wildman–Crippen LogP) is 2.95. The molecule has 2 fully saturated rings. The number of nitrogens with zero attached hydrogens (tertiary/aromatic N) is 3. The van der Waals surface area contributed by atoms with E-state index in [4.69, 9.17) is 9.47 Å². The smallest absolute Gasteiger partial charge is 0.410 e. The molecule has 1 aromatic rings. The van der Waals surface area contributed by atoms with E-state index in [1.54, 1.807) is 12.0 Å². The Hall–Kier alpha value is -1.70. The fourth-order valence-corrected chi connectivity index (χ4v) is 3.85. The van der Waals surface area contributed by atoms with Gasteiger partial charge in [0.1, 0.15) is 11.7 Å². The summed E-state index contributed by atoms with van der Waals surface area (Å²) in [6, 6.07) is 3.99. The van der Waals surface area contributed by atoms with Crippen LogP contribution in [0.15, 0.2) is 18.3 Å². The van der Waals surface area contributed by atoms with Crippen molar-refractivity contribution in [3.05, 3.63) is 29.6 Å². The second-order valence-corrected chi connectivity index (χ2v) is 9.35. The zero-order valence-electron chi connectivity index (χ0n) is 18.3. The van der Waals surface area contributed by atoms with Gasteiger partial charge in [0.2, 0.25) is 0 Å². The second kappa shape index (κ2) is 8.98. The van der Waals surface area contributed by atoms with E-state index in [9.17, 15) is 9.90 Å². The molecule has 162 valence electrons. The fourth-order valence-electron chi connectivity index (χ4n) is 3.85. The standard InChI is InChI=1S/C22H35N3O4/c1-15-11-24(13-20(26)19-9-8-17(10-23-19)16-6-7-16)18(14-28-5)12-25(15)21(27)29-22(2,3)4/h8-10,15-16,18,20,26H,6-7,11-14H2,1-5H3/t15-,18-,20?/m1/s1. The third-order valence-corrected chi connectivity index (χ3v) is 5.55. The van der Waals surface area contributed by atoms with Gasteiger partial charge in [0.05, 0.1) is 18.3 Å². The topological polar surface area (TPSA) is 75.1 Å². The molecule has 1 saturated heterocycles. The van der Waals surface area contributed by atoms with Crippen molar-refractivity contribution in [2.75, 3.05) is 33.4 Å². The first-order chi connectivity index (χ1) is 13.7. The van der Waals surface area contributed by atoms with Crippen LogP contribution < -0.4 is 0 Å². The first kappa shape index (κ1) is 22.0. The van der Waals surface area contributed by atoms with E-state index >= 15 is 0 Å². The highest BCUT2D eigenvalue weighted by atomic mass is 16.6. The number of methoxy groups -OCH3 is 1. The Morgan fingerprint density at radius 3 is 2.59 bits per heavy atom. The van der Waals surface area contributed by atoms with Crippen LogP contribution in [0.1, 0.15) is 63.8 Å². The van der Waals surface area contributed by atoms with Crippen molar-refractivity contribution < 1.29 is 19.4 Å². The molecule has 0 radical (unpaired) electrons. The SMILES string of the molecule is COC[C@H]1CN(C(=O)OC(C)(C)C)[C@H](C)CN1CC(O)c1ccc(C2CC2)cn1. The number of aromatic nitrogens is 1. The van der Waals surface area contributed by atoms with Crippen LogP contribution in [0.5, 0.6) is 0 Å². The number of hydrogen-bond donors (Lipinski definition) is 1. The first-order valence-corrected chi connectivity index (χ1v) is 10.5. The Kier molecular flexibility index (Phi) is 6.81. The van der Waals surface area contributed by atoms with Crippen molar-refractivity contribution in [3.63, 3.8) is 0 Å². The van der Waals surface area contributed by atoms with Crippen LogP contribution in [-0.4, -0.2) is 77.0 Å². The Balaban J connectivity index is 1.64. The van der Waals surface area contributed by atoms with Crippen molar-refractivity contribution >= 4 is 6.09 Å². The van der Waals surface area contributed by atoms with Crippen LogP contribution in [0.3, 0.4) is 0 Å². The van der Waals surface area contributed by atoms with Crippen LogP contribution >= 0.6 is 0 Å². The lowest BCUT2D eigenvalue weighted by atomic mass is 10.1. The van der Waals surface area contributed by atoms with E-state index in [0.29, 0.717) is 37.9 Å². The summed E-state index contributed by atoms with van der Waals surface area (Å²) in [5, 5.41) is 10.8. The number of aliphatic hydroxyl groups excluding tert-OH is 1. The van der Waals surface area contributed by atoms with Crippen LogP contribution in [0.4, 0.5) is 4.79 Å². The number of ether oxygens (including phenoxy) is 2. The summed E-state index contributed by atoms with van der Waals surface area (Å²) >= 11 is 0. The van der Waals surface area contributed by atoms with Crippen LogP contribution in [0, 0.1) is 0 Å². The minimum Gasteiger partial charge on any atom is -0.444 e. The summed E-state index contributed by atoms with van der Waals surface area (Å²) in [4.78, 5) is 21.0. The number of carbonyl (C=O) groups is 1. The number of aliphatic hydroxyl groups is 1. The molecule has 1 aliphatic heterocycles.